The molecule has 4 heterocycles. The van der Waals surface area contributed by atoms with Crippen molar-refractivity contribution in [3.63, 3.8) is 0 Å². The first kappa shape index (κ1) is 33.2. The van der Waals surface area contributed by atoms with Crippen molar-refractivity contribution in [2.45, 2.75) is 0 Å². The SMILES string of the molecule is O[B]c1cc(-c2ccc3c(c2)c2cc4oc5ccccc5c4cc2n3-c2ccccc2)cc(-c2ccc3c(c2)c2cc4oc5ccccc5c4cc2n3-c2ccccc2)c1. The van der Waals surface area contributed by atoms with Crippen LogP contribution in [0, 0.1) is 0 Å². The first-order valence-electron chi connectivity index (χ1n) is 20.2. The van der Waals surface area contributed by atoms with Gasteiger partial charge < -0.3 is 23.0 Å². The molecule has 0 unspecified atom stereocenters. The number of para-hydroxylation sites is 4. The van der Waals surface area contributed by atoms with Crippen molar-refractivity contribution in [3.8, 4) is 33.6 Å². The number of fused-ring (bicyclic) bond motifs is 12. The zero-order chi connectivity index (χ0) is 39.5. The fraction of sp³-hybridized carbons (Fsp3) is 0. The summed E-state index contributed by atoms with van der Waals surface area (Å²) < 4.78 is 17.5. The van der Waals surface area contributed by atoms with Gasteiger partial charge in [-0.25, -0.2) is 0 Å². The Labute approximate surface area is 343 Å². The van der Waals surface area contributed by atoms with Crippen molar-refractivity contribution in [1.82, 2.24) is 9.13 Å². The fourth-order valence-electron chi connectivity index (χ4n) is 9.60. The number of hydrogen-bond donors (Lipinski definition) is 1. The third-order valence-corrected chi connectivity index (χ3v) is 12.3. The van der Waals surface area contributed by atoms with E-state index in [2.05, 4.69) is 173 Å². The van der Waals surface area contributed by atoms with Crippen LogP contribution in [0.15, 0.2) is 197 Å². The second-order valence-electron chi connectivity index (χ2n) is 15.7. The molecule has 6 heteroatoms. The lowest BCUT2D eigenvalue weighted by atomic mass is 9.83. The summed E-state index contributed by atoms with van der Waals surface area (Å²) in [6, 6.07) is 66.2. The third-order valence-electron chi connectivity index (χ3n) is 12.3. The Morgan fingerprint density at radius 1 is 0.317 bits per heavy atom. The highest BCUT2D eigenvalue weighted by molar-refractivity contribution is 6.46. The Hall–Kier alpha value is -7.80. The van der Waals surface area contributed by atoms with Gasteiger partial charge in [0.2, 0.25) is 0 Å². The molecule has 5 nitrogen and oxygen atoms in total. The summed E-state index contributed by atoms with van der Waals surface area (Å²) in [5.41, 5.74) is 15.0. The maximum Gasteiger partial charge on any atom is 0.326 e. The fourth-order valence-corrected chi connectivity index (χ4v) is 9.60. The van der Waals surface area contributed by atoms with E-state index in [0.717, 1.165) is 127 Å². The lowest BCUT2D eigenvalue weighted by molar-refractivity contribution is 0.615. The summed E-state index contributed by atoms with van der Waals surface area (Å²) in [4.78, 5) is 0. The van der Waals surface area contributed by atoms with E-state index < -0.39 is 0 Å². The van der Waals surface area contributed by atoms with Crippen LogP contribution in [0.4, 0.5) is 0 Å². The van der Waals surface area contributed by atoms with E-state index in [0.29, 0.717) is 0 Å². The summed E-state index contributed by atoms with van der Waals surface area (Å²) in [5, 5.41) is 19.4. The van der Waals surface area contributed by atoms with Crippen LogP contribution in [0.25, 0.3) is 121 Å². The van der Waals surface area contributed by atoms with Gasteiger partial charge in [0.25, 0.3) is 0 Å². The van der Waals surface area contributed by atoms with E-state index in [-0.39, 0.29) is 0 Å². The lowest BCUT2D eigenvalue weighted by Crippen LogP contribution is -2.13. The molecule has 0 saturated heterocycles. The molecule has 0 bridgehead atoms. The summed E-state index contributed by atoms with van der Waals surface area (Å²) >= 11 is 0. The second-order valence-corrected chi connectivity index (χ2v) is 15.7. The molecule has 0 saturated carbocycles. The highest BCUT2D eigenvalue weighted by atomic mass is 16.3. The smallest absolute Gasteiger partial charge is 0.326 e. The molecule has 4 aromatic heterocycles. The Morgan fingerprint density at radius 2 is 0.750 bits per heavy atom. The predicted octanol–water partition coefficient (Wildman–Crippen LogP) is 13.3. The van der Waals surface area contributed by atoms with Crippen LogP contribution < -0.4 is 5.46 Å². The topological polar surface area (TPSA) is 56.4 Å². The average Bonchev–Trinajstić information content (AvgIpc) is 4.04. The first-order valence-corrected chi connectivity index (χ1v) is 20.2. The molecule has 60 heavy (non-hydrogen) atoms. The van der Waals surface area contributed by atoms with Gasteiger partial charge in [-0.15, -0.1) is 0 Å². The monoisotopic (exact) mass is 767 g/mol. The van der Waals surface area contributed by atoms with Gasteiger partial charge in [0.05, 0.1) is 22.1 Å². The van der Waals surface area contributed by atoms with Gasteiger partial charge in [-0.05, 0) is 113 Å². The van der Waals surface area contributed by atoms with Crippen LogP contribution >= 0.6 is 0 Å². The normalized spacial score (nSPS) is 12.1. The Morgan fingerprint density at radius 3 is 1.22 bits per heavy atom. The predicted molar refractivity (Wildman–Crippen MR) is 248 cm³/mol. The third kappa shape index (κ3) is 4.86. The molecule has 0 aliphatic rings. The van der Waals surface area contributed by atoms with Gasteiger partial charge >= 0.3 is 7.48 Å². The number of benzene rings is 9. The number of hydrogen-bond acceptors (Lipinski definition) is 3. The van der Waals surface area contributed by atoms with Crippen molar-refractivity contribution >= 4 is 100 Å². The largest absolute Gasteiger partial charge is 0.456 e. The molecular formula is C54H32BN2O3. The first-order chi connectivity index (χ1) is 29.7. The van der Waals surface area contributed by atoms with Crippen LogP contribution in [-0.4, -0.2) is 21.6 Å². The average molecular weight is 768 g/mol. The summed E-state index contributed by atoms with van der Waals surface area (Å²) in [6.45, 7) is 0. The quantitative estimate of drug-likeness (QED) is 0.177. The van der Waals surface area contributed by atoms with E-state index in [4.69, 9.17) is 8.83 Å². The number of aromatic nitrogens is 2. The standard InChI is InChI=1S/C54H32BN2O3/c58-55-36-24-34(32-19-21-47-41(26-32)43-30-53-45(39-15-7-9-17-51(39)59-53)28-49(43)56(47)37-11-3-1-4-12-37)23-35(25-36)33-20-22-48-42(27-33)44-31-54-46(40-16-8-10-18-52(40)60-54)29-50(44)57(48)38-13-5-2-6-14-38/h1-31,58H. The van der Waals surface area contributed by atoms with E-state index in [1.165, 1.54) is 7.48 Å². The Balaban J connectivity index is 1.01. The maximum absolute atomic E-state index is 10.5. The van der Waals surface area contributed by atoms with Crippen LogP contribution in [0.3, 0.4) is 0 Å². The molecule has 13 rings (SSSR count). The number of rotatable bonds is 5. The molecular weight excluding hydrogens is 735 g/mol. The van der Waals surface area contributed by atoms with Gasteiger partial charge in [-0.1, -0.05) is 103 Å². The van der Waals surface area contributed by atoms with Crippen molar-refractivity contribution in [2.75, 3.05) is 0 Å². The highest BCUT2D eigenvalue weighted by Gasteiger charge is 2.20. The van der Waals surface area contributed by atoms with E-state index in [9.17, 15) is 5.02 Å². The maximum atomic E-state index is 10.5. The summed E-state index contributed by atoms with van der Waals surface area (Å²) in [6.07, 6.45) is 0. The van der Waals surface area contributed by atoms with Gasteiger partial charge in [0.1, 0.15) is 22.3 Å². The van der Waals surface area contributed by atoms with Gasteiger partial charge in [0, 0.05) is 54.5 Å². The van der Waals surface area contributed by atoms with Crippen molar-refractivity contribution < 1.29 is 13.9 Å². The molecule has 1 N–H and O–H groups in total. The molecule has 13 aromatic rings. The van der Waals surface area contributed by atoms with Gasteiger partial charge in [-0.3, -0.25) is 0 Å². The summed E-state index contributed by atoms with van der Waals surface area (Å²) in [5.74, 6) is 0. The van der Waals surface area contributed by atoms with Gasteiger partial charge in [0.15, 0.2) is 0 Å². The molecule has 279 valence electrons. The molecule has 9 aromatic carbocycles. The lowest BCUT2D eigenvalue weighted by Gasteiger charge is -2.11. The zero-order valence-electron chi connectivity index (χ0n) is 32.1. The molecule has 1 radical (unpaired) electrons. The van der Waals surface area contributed by atoms with Crippen molar-refractivity contribution in [3.05, 3.63) is 188 Å². The highest BCUT2D eigenvalue weighted by Crippen LogP contribution is 2.42. The van der Waals surface area contributed by atoms with Crippen molar-refractivity contribution in [1.29, 1.82) is 0 Å². The van der Waals surface area contributed by atoms with E-state index in [1.807, 2.05) is 24.3 Å². The molecule has 0 atom stereocenters. The number of nitrogens with zero attached hydrogens (tertiary/aromatic N) is 2. The molecule has 0 aliphatic heterocycles. The zero-order valence-corrected chi connectivity index (χ0v) is 32.1. The minimum Gasteiger partial charge on any atom is -0.456 e. The molecule has 0 amide bonds. The van der Waals surface area contributed by atoms with Gasteiger partial charge in [-0.2, -0.15) is 0 Å². The second kappa shape index (κ2) is 12.6. The van der Waals surface area contributed by atoms with Crippen LogP contribution in [0.1, 0.15) is 0 Å². The Kier molecular flexibility index (Phi) is 6.97. The van der Waals surface area contributed by atoms with E-state index >= 15 is 0 Å². The van der Waals surface area contributed by atoms with Crippen LogP contribution in [0.5, 0.6) is 0 Å². The molecule has 0 fully saturated rings. The minimum absolute atomic E-state index is 0.731. The van der Waals surface area contributed by atoms with Crippen LogP contribution in [-0.2, 0) is 0 Å². The van der Waals surface area contributed by atoms with Crippen LogP contribution in [0.2, 0.25) is 0 Å². The number of furan rings is 2. The molecule has 0 aliphatic carbocycles. The van der Waals surface area contributed by atoms with E-state index in [1.54, 1.807) is 0 Å². The van der Waals surface area contributed by atoms with Crippen molar-refractivity contribution in [2.24, 2.45) is 0 Å². The summed E-state index contributed by atoms with van der Waals surface area (Å²) in [7, 11) is 1.20. The molecule has 0 spiro atoms. The minimum atomic E-state index is 0.731. The Bertz CT molecular complexity index is 3620.